The van der Waals surface area contributed by atoms with Crippen molar-refractivity contribution in [3.63, 3.8) is 0 Å². The summed E-state index contributed by atoms with van der Waals surface area (Å²) in [7, 11) is 0. The monoisotopic (exact) mass is 458 g/mol. The summed E-state index contributed by atoms with van der Waals surface area (Å²) >= 11 is 11.6. The first kappa shape index (κ1) is 17.9. The molecule has 1 fully saturated rings. The van der Waals surface area contributed by atoms with Gasteiger partial charge in [0.2, 0.25) is 0 Å². The lowest BCUT2D eigenvalue weighted by Gasteiger charge is -2.40. The maximum atomic E-state index is 12.7. The predicted molar refractivity (Wildman–Crippen MR) is 106 cm³/mol. The molecule has 0 saturated carbocycles. The maximum Gasteiger partial charge on any atom is 0.407 e. The van der Waals surface area contributed by atoms with Gasteiger partial charge < -0.3 is 14.9 Å². The van der Waals surface area contributed by atoms with Crippen LogP contribution in [0.3, 0.4) is 0 Å². The highest BCUT2D eigenvalue weighted by atomic mass is 79.9. The molecule has 0 spiro atoms. The van der Waals surface area contributed by atoms with Crippen LogP contribution >= 0.6 is 39.3 Å². The Labute approximate surface area is 167 Å². The van der Waals surface area contributed by atoms with Crippen molar-refractivity contribution in [2.24, 2.45) is 0 Å². The van der Waals surface area contributed by atoms with Crippen LogP contribution in [0.5, 0.6) is 0 Å². The van der Waals surface area contributed by atoms with Crippen molar-refractivity contribution in [3.05, 3.63) is 26.0 Å². The Balaban J connectivity index is 1.90. The van der Waals surface area contributed by atoms with Gasteiger partial charge in [-0.15, -0.1) is 11.8 Å². The quantitative estimate of drug-likeness (QED) is 0.706. The van der Waals surface area contributed by atoms with Gasteiger partial charge in [0.1, 0.15) is 5.82 Å². The van der Waals surface area contributed by atoms with Gasteiger partial charge in [-0.2, -0.15) is 4.98 Å². The number of rotatable bonds is 1. The van der Waals surface area contributed by atoms with Crippen LogP contribution in [0.4, 0.5) is 10.6 Å². The molecule has 0 radical (unpaired) electrons. The third-order valence-corrected chi connectivity index (χ3v) is 7.51. The average molecular weight is 460 g/mol. The van der Waals surface area contributed by atoms with Crippen molar-refractivity contribution in [3.8, 4) is 0 Å². The smallest absolute Gasteiger partial charge is 0.407 e. The Morgan fingerprint density at radius 2 is 2.19 bits per heavy atom. The Morgan fingerprint density at radius 3 is 2.88 bits per heavy atom. The maximum absolute atomic E-state index is 12.7. The predicted octanol–water partition coefficient (Wildman–Crippen LogP) is 3.11. The van der Waals surface area contributed by atoms with Gasteiger partial charge >= 0.3 is 11.8 Å². The molecule has 0 bridgehead atoms. The van der Waals surface area contributed by atoms with Crippen LogP contribution in [-0.4, -0.2) is 57.1 Å². The molecule has 0 aliphatic carbocycles. The Hall–Kier alpha value is -1.45. The first-order valence-electron chi connectivity index (χ1n) is 8.18. The summed E-state index contributed by atoms with van der Waals surface area (Å²) < 4.78 is 2.50. The van der Waals surface area contributed by atoms with E-state index in [1.54, 1.807) is 16.3 Å². The number of carboxylic acid groups (broad SMARTS) is 1. The minimum Gasteiger partial charge on any atom is -0.465 e. The van der Waals surface area contributed by atoms with E-state index in [9.17, 15) is 14.7 Å². The SMILES string of the molecule is C[C@@H]1CN(C(=O)O)CCN1c1nc(=O)n2c3c(c(Br)c(Cl)cc13)SCC2. The zero-order chi connectivity index (χ0) is 18.6. The van der Waals surface area contributed by atoms with E-state index in [0.29, 0.717) is 37.0 Å². The number of aromatic nitrogens is 2. The molecule has 2 aromatic rings. The summed E-state index contributed by atoms with van der Waals surface area (Å²) in [6.07, 6.45) is -0.926. The first-order chi connectivity index (χ1) is 12.4. The molecule has 1 N–H and O–H groups in total. The fourth-order valence-electron chi connectivity index (χ4n) is 3.58. The van der Waals surface area contributed by atoms with Crippen LogP contribution in [0, 0.1) is 0 Å². The number of amides is 1. The minimum atomic E-state index is -0.926. The van der Waals surface area contributed by atoms with E-state index in [-0.39, 0.29) is 11.7 Å². The highest BCUT2D eigenvalue weighted by molar-refractivity contribution is 9.10. The number of anilines is 1. The number of nitrogens with zero attached hydrogens (tertiary/aromatic N) is 4. The molecule has 10 heteroatoms. The second-order valence-electron chi connectivity index (χ2n) is 6.39. The Kier molecular flexibility index (Phi) is 4.56. The molecule has 1 saturated heterocycles. The zero-order valence-electron chi connectivity index (χ0n) is 13.9. The van der Waals surface area contributed by atoms with Gasteiger partial charge in [-0.25, -0.2) is 9.59 Å². The Bertz CT molecular complexity index is 982. The molecule has 4 rings (SSSR count). The van der Waals surface area contributed by atoms with Gasteiger partial charge in [-0.1, -0.05) is 11.6 Å². The third kappa shape index (κ3) is 2.76. The fraction of sp³-hybridized carbons (Fsp3) is 0.438. The van der Waals surface area contributed by atoms with Crippen molar-refractivity contribution in [2.45, 2.75) is 24.4 Å². The molecule has 7 nitrogen and oxygen atoms in total. The van der Waals surface area contributed by atoms with Crippen LogP contribution in [0.1, 0.15) is 6.92 Å². The van der Waals surface area contributed by atoms with Crippen molar-refractivity contribution in [1.82, 2.24) is 14.5 Å². The molecular formula is C16H16BrClN4O3S. The van der Waals surface area contributed by atoms with Gasteiger partial charge in [-0.05, 0) is 28.9 Å². The van der Waals surface area contributed by atoms with Gasteiger partial charge in [0.05, 0.1) is 15.0 Å². The molecular weight excluding hydrogens is 444 g/mol. The molecule has 138 valence electrons. The number of aryl methyl sites for hydroxylation is 1. The number of carbonyl (C=O) groups is 1. The van der Waals surface area contributed by atoms with E-state index in [0.717, 1.165) is 26.0 Å². The van der Waals surface area contributed by atoms with E-state index in [4.69, 9.17) is 11.6 Å². The van der Waals surface area contributed by atoms with Crippen molar-refractivity contribution in [1.29, 1.82) is 0 Å². The fourth-order valence-corrected chi connectivity index (χ4v) is 5.56. The van der Waals surface area contributed by atoms with Gasteiger partial charge in [-0.3, -0.25) is 4.57 Å². The Morgan fingerprint density at radius 1 is 1.42 bits per heavy atom. The number of halogens is 2. The van der Waals surface area contributed by atoms with Crippen LogP contribution in [0.2, 0.25) is 5.02 Å². The molecule has 3 heterocycles. The normalized spacial score (nSPS) is 19.9. The van der Waals surface area contributed by atoms with E-state index in [1.807, 2.05) is 17.9 Å². The van der Waals surface area contributed by atoms with E-state index >= 15 is 0 Å². The lowest BCUT2D eigenvalue weighted by atomic mass is 10.1. The second-order valence-corrected chi connectivity index (χ2v) is 8.69. The summed E-state index contributed by atoms with van der Waals surface area (Å²) in [6.45, 7) is 3.77. The van der Waals surface area contributed by atoms with Crippen LogP contribution < -0.4 is 10.6 Å². The number of hydrogen-bond acceptors (Lipinski definition) is 5. The number of hydrogen-bond donors (Lipinski definition) is 1. The van der Waals surface area contributed by atoms with Gasteiger partial charge in [0.15, 0.2) is 0 Å². The van der Waals surface area contributed by atoms with Gasteiger partial charge in [0.25, 0.3) is 0 Å². The summed E-state index contributed by atoms with van der Waals surface area (Å²) in [5, 5.41) is 10.6. The first-order valence-corrected chi connectivity index (χ1v) is 10.3. The summed E-state index contributed by atoms with van der Waals surface area (Å²) in [4.78, 5) is 32.6. The molecule has 1 amide bonds. The van der Waals surface area contributed by atoms with Crippen molar-refractivity contribution >= 4 is 62.1 Å². The third-order valence-electron chi connectivity index (χ3n) is 4.82. The van der Waals surface area contributed by atoms with Crippen LogP contribution in [0.25, 0.3) is 10.9 Å². The lowest BCUT2D eigenvalue weighted by Crippen LogP contribution is -2.54. The van der Waals surface area contributed by atoms with E-state index in [2.05, 4.69) is 20.9 Å². The second kappa shape index (κ2) is 6.61. The van der Waals surface area contributed by atoms with Crippen LogP contribution in [-0.2, 0) is 6.54 Å². The van der Waals surface area contributed by atoms with Crippen LogP contribution in [0.15, 0.2) is 20.2 Å². The molecule has 2 aliphatic rings. The largest absolute Gasteiger partial charge is 0.465 e. The molecule has 1 aromatic heterocycles. The number of piperazine rings is 1. The summed E-state index contributed by atoms with van der Waals surface area (Å²) in [5.74, 6) is 1.37. The van der Waals surface area contributed by atoms with Crippen molar-refractivity contribution in [2.75, 3.05) is 30.3 Å². The molecule has 26 heavy (non-hydrogen) atoms. The molecule has 1 atom stereocenters. The van der Waals surface area contributed by atoms with Gasteiger partial charge in [0, 0.05) is 48.3 Å². The van der Waals surface area contributed by atoms with E-state index in [1.165, 1.54) is 4.90 Å². The molecule has 1 aromatic carbocycles. The minimum absolute atomic E-state index is 0.0905. The lowest BCUT2D eigenvalue weighted by molar-refractivity contribution is 0.136. The summed E-state index contributed by atoms with van der Waals surface area (Å²) in [6, 6.07) is 1.75. The highest BCUT2D eigenvalue weighted by Crippen LogP contribution is 2.43. The molecule has 0 unspecified atom stereocenters. The topological polar surface area (TPSA) is 78.7 Å². The molecule has 2 aliphatic heterocycles. The highest BCUT2D eigenvalue weighted by Gasteiger charge is 2.31. The van der Waals surface area contributed by atoms with Crippen molar-refractivity contribution < 1.29 is 9.90 Å². The summed E-state index contributed by atoms with van der Waals surface area (Å²) in [5.41, 5.74) is 0.566. The number of thioether (sulfide) groups is 1. The standard InChI is InChI=1S/C16H16BrClN4O3S/c1-8-7-20(16(24)25)2-3-21(8)14-9-6-10(18)11(17)13-12(9)22(4-5-26-13)15(23)19-14/h6,8H,2-5,7H2,1H3,(H,24,25)/t8-/m1/s1. The zero-order valence-corrected chi connectivity index (χ0v) is 17.1. The number of benzene rings is 1. The van der Waals surface area contributed by atoms with E-state index < -0.39 is 6.09 Å². The average Bonchev–Trinajstić information content (AvgIpc) is 2.61.